The number of phosphoric acid groups is 1. The van der Waals surface area contributed by atoms with Crippen molar-refractivity contribution in [3.05, 3.63) is 97.2 Å². The zero-order valence-corrected chi connectivity index (χ0v) is 57.2. The van der Waals surface area contributed by atoms with Crippen molar-refractivity contribution >= 4 is 19.7 Å². The van der Waals surface area contributed by atoms with Crippen LogP contribution in [0.15, 0.2) is 97.2 Å². The number of carbonyl (C=O) groups excluding carboxylic acids is 2. The van der Waals surface area contributed by atoms with Crippen LogP contribution in [0.25, 0.3) is 0 Å². The number of ether oxygens (including phenoxy) is 1. The van der Waals surface area contributed by atoms with Crippen LogP contribution in [-0.2, 0) is 27.9 Å². The van der Waals surface area contributed by atoms with E-state index in [1.165, 1.54) is 161 Å². The second kappa shape index (κ2) is 63.9. The van der Waals surface area contributed by atoms with Crippen LogP contribution in [0.5, 0.6) is 0 Å². The molecular weight excluding hydrogens is 1070 g/mol. The van der Waals surface area contributed by atoms with E-state index in [4.69, 9.17) is 13.8 Å². The van der Waals surface area contributed by atoms with Gasteiger partial charge in [-0.15, -0.1) is 0 Å². The largest absolute Gasteiger partial charge is 0.756 e. The molecule has 3 atom stereocenters. The first kappa shape index (κ1) is 81.9. The SMILES string of the molecule is CC/C=C\C/C=C\C/C=C\C/C=C\C/C=C\C/C=C\CCCCCCCCC(=O)NC(COP(=O)([O-])OCC[N+](C)(C)C)C(/C=C/CCCCCCCCCCC)OC(=O)CCCCCCCCCCCCCCC/C=C/CCCCCCCC. The van der Waals surface area contributed by atoms with Gasteiger partial charge in [-0.05, 0) is 109 Å². The summed E-state index contributed by atoms with van der Waals surface area (Å²) in [4.78, 5) is 40.2. The highest BCUT2D eigenvalue weighted by Gasteiger charge is 2.27. The molecule has 0 saturated carbocycles. The van der Waals surface area contributed by atoms with E-state index in [-0.39, 0.29) is 24.9 Å². The van der Waals surface area contributed by atoms with Crippen molar-refractivity contribution < 1.29 is 37.3 Å². The number of likely N-dealkylation sites (N-methyl/N-ethyl adjacent to an activating group) is 1. The maximum Gasteiger partial charge on any atom is 0.306 e. The summed E-state index contributed by atoms with van der Waals surface area (Å²) in [7, 11) is 1.17. The Hall–Kier alpha value is -3.07. The van der Waals surface area contributed by atoms with E-state index in [0.29, 0.717) is 17.4 Å². The molecule has 0 heterocycles. The average Bonchev–Trinajstić information content (AvgIpc) is 3.64. The fourth-order valence-electron chi connectivity index (χ4n) is 10.1. The molecule has 85 heavy (non-hydrogen) atoms. The minimum atomic E-state index is -4.71. The number of nitrogens with one attached hydrogen (secondary N) is 1. The van der Waals surface area contributed by atoms with Crippen LogP contribution in [0.4, 0.5) is 0 Å². The molecule has 0 rings (SSSR count). The Morgan fingerprint density at radius 2 is 0.753 bits per heavy atom. The maximum atomic E-state index is 13.6. The van der Waals surface area contributed by atoms with Gasteiger partial charge in [-0.25, -0.2) is 0 Å². The van der Waals surface area contributed by atoms with Crippen molar-refractivity contribution in [1.82, 2.24) is 5.32 Å². The highest BCUT2D eigenvalue weighted by Crippen LogP contribution is 2.38. The van der Waals surface area contributed by atoms with Gasteiger partial charge in [0.15, 0.2) is 0 Å². The van der Waals surface area contributed by atoms with E-state index >= 15 is 0 Å². The highest BCUT2D eigenvalue weighted by molar-refractivity contribution is 7.45. The smallest absolute Gasteiger partial charge is 0.306 e. The molecule has 0 radical (unpaired) electrons. The van der Waals surface area contributed by atoms with Gasteiger partial charge in [0.05, 0.1) is 33.8 Å². The lowest BCUT2D eigenvalue weighted by atomic mass is 10.0. The number of amides is 1. The molecule has 0 aromatic heterocycles. The molecule has 492 valence electrons. The first-order valence-corrected chi connectivity index (χ1v) is 37.0. The summed E-state index contributed by atoms with van der Waals surface area (Å²) >= 11 is 0. The molecule has 10 heteroatoms. The van der Waals surface area contributed by atoms with Gasteiger partial charge < -0.3 is 28.5 Å². The summed E-state index contributed by atoms with van der Waals surface area (Å²) in [5.41, 5.74) is 0. The van der Waals surface area contributed by atoms with Crippen LogP contribution in [0.2, 0.25) is 0 Å². The summed E-state index contributed by atoms with van der Waals surface area (Å²) in [6, 6.07) is -0.902. The fraction of sp³-hybridized carbons (Fsp3) is 0.760. The third-order valence-corrected chi connectivity index (χ3v) is 16.5. The number of allylic oxidation sites excluding steroid dienone is 15. The van der Waals surface area contributed by atoms with E-state index in [1.54, 1.807) is 0 Å². The molecule has 1 amide bonds. The van der Waals surface area contributed by atoms with Crippen LogP contribution in [0, 0.1) is 0 Å². The Balaban J connectivity index is 5.07. The van der Waals surface area contributed by atoms with Crippen LogP contribution >= 0.6 is 7.82 Å². The number of esters is 1. The first-order valence-electron chi connectivity index (χ1n) is 35.5. The Kier molecular flexibility index (Phi) is 61.6. The number of hydrogen-bond donors (Lipinski definition) is 1. The predicted octanol–water partition coefficient (Wildman–Crippen LogP) is 22.0. The molecule has 0 spiro atoms. The van der Waals surface area contributed by atoms with Crippen molar-refractivity contribution in [3.8, 4) is 0 Å². The molecule has 3 unspecified atom stereocenters. The van der Waals surface area contributed by atoms with Crippen molar-refractivity contribution in [2.24, 2.45) is 0 Å². The molecule has 0 aliphatic rings. The summed E-state index contributed by atoms with van der Waals surface area (Å²) in [5.74, 6) is -0.554. The minimum Gasteiger partial charge on any atom is -0.756 e. The second-order valence-electron chi connectivity index (χ2n) is 25.0. The monoisotopic (exact) mass is 1210 g/mol. The molecule has 1 N–H and O–H groups in total. The van der Waals surface area contributed by atoms with Gasteiger partial charge >= 0.3 is 5.97 Å². The normalized spacial score (nSPS) is 14.1. The summed E-state index contributed by atoms with van der Waals surface area (Å²) in [5, 5.41) is 3.03. The van der Waals surface area contributed by atoms with Crippen LogP contribution in [-0.4, -0.2) is 69.4 Å². The lowest BCUT2D eigenvalue weighted by Crippen LogP contribution is -2.47. The number of rotatable bonds is 64. The number of unbranched alkanes of at least 4 members (excludes halogenated alkanes) is 34. The summed E-state index contributed by atoms with van der Waals surface area (Å²) < 4.78 is 30.4. The van der Waals surface area contributed by atoms with E-state index in [1.807, 2.05) is 33.3 Å². The van der Waals surface area contributed by atoms with Crippen molar-refractivity contribution in [1.29, 1.82) is 0 Å². The van der Waals surface area contributed by atoms with Crippen LogP contribution < -0.4 is 10.2 Å². The van der Waals surface area contributed by atoms with Crippen molar-refractivity contribution in [3.63, 3.8) is 0 Å². The number of phosphoric ester groups is 1. The predicted molar refractivity (Wildman–Crippen MR) is 367 cm³/mol. The molecule has 0 aliphatic heterocycles. The Morgan fingerprint density at radius 3 is 1.14 bits per heavy atom. The van der Waals surface area contributed by atoms with Gasteiger partial charge in [0.25, 0.3) is 7.82 Å². The van der Waals surface area contributed by atoms with Gasteiger partial charge in [-0.3, -0.25) is 14.2 Å². The van der Waals surface area contributed by atoms with Crippen LogP contribution in [0.3, 0.4) is 0 Å². The zero-order chi connectivity index (χ0) is 62.1. The third-order valence-electron chi connectivity index (χ3n) is 15.5. The highest BCUT2D eigenvalue weighted by atomic mass is 31.2. The lowest BCUT2D eigenvalue weighted by molar-refractivity contribution is -0.870. The molecule has 0 aromatic rings. The topological polar surface area (TPSA) is 114 Å². The molecule has 0 fully saturated rings. The van der Waals surface area contributed by atoms with Gasteiger partial charge in [0.1, 0.15) is 19.3 Å². The number of hydrogen-bond acceptors (Lipinski definition) is 7. The van der Waals surface area contributed by atoms with E-state index in [0.717, 1.165) is 122 Å². The van der Waals surface area contributed by atoms with E-state index in [2.05, 4.69) is 111 Å². The van der Waals surface area contributed by atoms with Gasteiger partial charge in [0.2, 0.25) is 5.91 Å². The zero-order valence-electron chi connectivity index (χ0n) is 56.3. The van der Waals surface area contributed by atoms with Gasteiger partial charge in [0, 0.05) is 12.8 Å². The molecule has 9 nitrogen and oxygen atoms in total. The minimum absolute atomic E-state index is 0.0289. The first-order chi connectivity index (χ1) is 41.4. The third kappa shape index (κ3) is 65.2. The molecule has 0 bridgehead atoms. The van der Waals surface area contributed by atoms with E-state index < -0.39 is 26.6 Å². The number of quaternary nitrogens is 1. The van der Waals surface area contributed by atoms with Gasteiger partial charge in [-0.1, -0.05) is 292 Å². The van der Waals surface area contributed by atoms with Crippen molar-refractivity contribution in [2.75, 3.05) is 40.9 Å². The second-order valence-corrected chi connectivity index (χ2v) is 26.4. The fourth-order valence-corrected chi connectivity index (χ4v) is 10.8. The molecule has 0 aliphatic carbocycles. The quantitative estimate of drug-likeness (QED) is 0.0212. The molecule has 0 saturated heterocycles. The Bertz CT molecular complexity index is 1780. The maximum absolute atomic E-state index is 13.6. The number of carbonyl (C=O) groups is 2. The summed E-state index contributed by atoms with van der Waals surface area (Å²) in [6.07, 6.45) is 86.7. The Labute approximate surface area is 526 Å². The van der Waals surface area contributed by atoms with Crippen molar-refractivity contribution in [2.45, 2.75) is 328 Å². The van der Waals surface area contributed by atoms with Gasteiger partial charge in [-0.2, -0.15) is 0 Å². The van der Waals surface area contributed by atoms with Crippen LogP contribution in [0.1, 0.15) is 316 Å². The Morgan fingerprint density at radius 1 is 0.424 bits per heavy atom. The average molecular weight is 1210 g/mol. The van der Waals surface area contributed by atoms with E-state index in [9.17, 15) is 19.0 Å². The number of nitrogens with zero attached hydrogens (tertiary/aromatic N) is 1. The lowest BCUT2D eigenvalue weighted by Gasteiger charge is -2.30. The standard InChI is InChI=1S/C75H135N2O7P/c1-7-10-13-16-19-22-25-27-29-31-33-35-37-38-40-41-43-45-47-49-52-55-58-61-64-67-74(78)76-72(71-83-85(80,81)82-70-69-77(4,5)6)73(66-63-60-57-54-51-24-21-18-15-12-9-3)84-75(79)68-65-62-59-56-53-50-48-46-44-42-39-36-34-32-30-28-26-23-20-17-14-11-8-2/h10,13,19,22,27-30,33,35,38,40,43,45,63,66,72-73H,7-9,11-12,14-18,20-21,23-26,31-32,34,36-37,39,41-42,44,46-62,64-65,67-71H2,1-6H3,(H-,76,78,80,81)/b13-10-,22-19-,29-27-,30-28+,35-33-,40-38-,45-43-,66-63+. The molecular formula is C75H135N2O7P. The molecule has 0 aromatic carbocycles. The summed E-state index contributed by atoms with van der Waals surface area (Å²) in [6.45, 7) is 6.73.